The molecule has 0 fully saturated rings. The summed E-state index contributed by atoms with van der Waals surface area (Å²) in [6.45, 7) is 0. The van der Waals surface area contributed by atoms with Crippen molar-refractivity contribution in [3.63, 3.8) is 0 Å². The summed E-state index contributed by atoms with van der Waals surface area (Å²) in [5, 5.41) is 11.8. The molecule has 2 amide bonds. The van der Waals surface area contributed by atoms with Gasteiger partial charge in [0.05, 0.1) is 33.8 Å². The third-order valence-electron chi connectivity index (χ3n) is 5.74. The van der Waals surface area contributed by atoms with Crippen molar-refractivity contribution in [1.82, 2.24) is 5.32 Å². The van der Waals surface area contributed by atoms with Gasteiger partial charge in [-0.25, -0.2) is 13.2 Å². The van der Waals surface area contributed by atoms with Crippen LogP contribution in [-0.2, 0) is 20.8 Å². The van der Waals surface area contributed by atoms with Gasteiger partial charge >= 0.3 is 12.2 Å². The lowest BCUT2D eigenvalue weighted by molar-refractivity contribution is -0.137. The Morgan fingerprint density at radius 3 is 2.50 bits per heavy atom. The minimum Gasteiger partial charge on any atom is -0.326 e. The van der Waals surface area contributed by atoms with Crippen LogP contribution < -0.4 is 10.2 Å². The second-order valence-electron chi connectivity index (χ2n) is 8.04. The largest absolute Gasteiger partial charge is 0.416 e. The molecule has 1 N–H and O–H groups in total. The van der Waals surface area contributed by atoms with Crippen LogP contribution in [0.3, 0.4) is 0 Å². The highest BCUT2D eigenvalue weighted by atomic mass is 32.2. The summed E-state index contributed by atoms with van der Waals surface area (Å²) >= 11 is 0. The second kappa shape index (κ2) is 8.29. The number of nitrogens with one attached hydrogen (secondary N) is 1. The molecule has 2 aromatic carbocycles. The van der Waals surface area contributed by atoms with Crippen molar-refractivity contribution in [3.05, 3.63) is 70.4 Å². The maximum Gasteiger partial charge on any atom is 0.416 e. The van der Waals surface area contributed by atoms with E-state index in [4.69, 9.17) is 0 Å². The lowest BCUT2D eigenvalue weighted by atomic mass is 9.84. The molecule has 0 radical (unpaired) electrons. The number of urea groups is 1. The topological polar surface area (TPSA) is 107 Å². The van der Waals surface area contributed by atoms with Gasteiger partial charge in [0.1, 0.15) is 0 Å². The number of benzene rings is 2. The molecule has 1 aliphatic carbocycles. The molecule has 1 atom stereocenters. The molecule has 1 unspecified atom stereocenters. The van der Waals surface area contributed by atoms with Gasteiger partial charge in [0.25, 0.3) is 0 Å². The number of hydrogen-bond acceptors (Lipinski definition) is 5. The van der Waals surface area contributed by atoms with E-state index in [1.54, 1.807) is 0 Å². The fourth-order valence-electron chi connectivity index (χ4n) is 4.28. The Bertz CT molecular complexity index is 1390. The molecule has 7 nitrogen and oxygen atoms in total. The number of carbonyl (C=O) groups is 2. The van der Waals surface area contributed by atoms with E-state index in [9.17, 15) is 36.4 Å². The predicted octanol–water partition coefficient (Wildman–Crippen LogP) is 4.26. The lowest BCUT2D eigenvalue weighted by Gasteiger charge is -2.39. The van der Waals surface area contributed by atoms with Crippen molar-refractivity contribution in [2.45, 2.75) is 36.4 Å². The zero-order chi connectivity index (χ0) is 24.8. The fourth-order valence-corrected chi connectivity index (χ4v) is 5.24. The number of hydrogen-bond donors (Lipinski definition) is 1. The number of Topliss-reactive ketones (excluding diaryl/α,β-unsaturated/α-hetero) is 1. The monoisotopic (exact) mass is 489 g/mol. The Kier molecular flexibility index (Phi) is 5.73. The Morgan fingerprint density at radius 2 is 1.85 bits per heavy atom. The SMILES string of the molecule is CS(=O)(=O)c1cc(C#N)ccc1C1NC(=O)N(c2cccc(C(F)(F)F)c2)C2=C1C(=O)CCC2. The predicted molar refractivity (Wildman–Crippen MR) is 115 cm³/mol. The number of anilines is 1. The van der Waals surface area contributed by atoms with E-state index < -0.39 is 33.6 Å². The van der Waals surface area contributed by atoms with Gasteiger partial charge in [0.2, 0.25) is 0 Å². The Balaban J connectivity index is 1.92. The summed E-state index contributed by atoms with van der Waals surface area (Å²) in [7, 11) is -3.85. The highest BCUT2D eigenvalue weighted by molar-refractivity contribution is 7.90. The molecule has 1 heterocycles. The van der Waals surface area contributed by atoms with Gasteiger partial charge < -0.3 is 5.32 Å². The van der Waals surface area contributed by atoms with Crippen LogP contribution in [-0.4, -0.2) is 26.5 Å². The minimum atomic E-state index is -4.63. The average Bonchev–Trinajstić information content (AvgIpc) is 2.77. The lowest BCUT2D eigenvalue weighted by Crippen LogP contribution is -2.49. The molecule has 0 saturated carbocycles. The Hall–Kier alpha value is -3.65. The summed E-state index contributed by atoms with van der Waals surface area (Å²) in [5.74, 6) is -0.341. The first-order valence-electron chi connectivity index (χ1n) is 10.2. The number of allylic oxidation sites excluding steroid dienone is 1. The maximum atomic E-state index is 13.3. The molecule has 34 heavy (non-hydrogen) atoms. The van der Waals surface area contributed by atoms with E-state index in [0.717, 1.165) is 23.3 Å². The molecule has 4 rings (SSSR count). The number of amides is 2. The maximum absolute atomic E-state index is 13.3. The highest BCUT2D eigenvalue weighted by Gasteiger charge is 2.41. The number of rotatable bonds is 3. The Morgan fingerprint density at radius 1 is 1.12 bits per heavy atom. The molecule has 0 aromatic heterocycles. The van der Waals surface area contributed by atoms with Gasteiger partial charge in [0, 0.05) is 23.9 Å². The van der Waals surface area contributed by atoms with Crippen LogP contribution in [0.15, 0.2) is 58.6 Å². The van der Waals surface area contributed by atoms with Crippen LogP contribution in [0, 0.1) is 11.3 Å². The van der Waals surface area contributed by atoms with Gasteiger partial charge in [-0.2, -0.15) is 18.4 Å². The number of carbonyl (C=O) groups excluding carboxylic acids is 2. The second-order valence-corrected chi connectivity index (χ2v) is 10.0. The smallest absolute Gasteiger partial charge is 0.326 e. The zero-order valence-corrected chi connectivity index (χ0v) is 18.6. The molecule has 2 aromatic rings. The van der Waals surface area contributed by atoms with Gasteiger partial charge in [0.15, 0.2) is 15.6 Å². The Labute approximate surface area is 193 Å². The number of ketones is 1. The summed E-state index contributed by atoms with van der Waals surface area (Å²) in [6.07, 6.45) is -2.90. The van der Waals surface area contributed by atoms with Crippen molar-refractivity contribution in [2.24, 2.45) is 0 Å². The average molecular weight is 489 g/mol. The number of sulfone groups is 1. The number of nitriles is 1. The van der Waals surface area contributed by atoms with E-state index in [1.165, 1.54) is 30.3 Å². The van der Waals surface area contributed by atoms with Gasteiger partial charge in [-0.1, -0.05) is 12.1 Å². The summed E-state index contributed by atoms with van der Waals surface area (Å²) in [5.41, 5.74) is -0.458. The van der Waals surface area contributed by atoms with Crippen molar-refractivity contribution in [1.29, 1.82) is 5.26 Å². The zero-order valence-electron chi connectivity index (χ0n) is 17.8. The highest BCUT2D eigenvalue weighted by Crippen LogP contribution is 2.42. The van der Waals surface area contributed by atoms with Crippen LogP contribution in [0.25, 0.3) is 0 Å². The molecule has 0 bridgehead atoms. The first-order chi connectivity index (χ1) is 15.9. The number of halogens is 3. The van der Waals surface area contributed by atoms with Crippen LogP contribution in [0.1, 0.15) is 42.0 Å². The fraction of sp³-hybridized carbons (Fsp3) is 0.261. The molecule has 2 aliphatic rings. The quantitative estimate of drug-likeness (QED) is 0.693. The summed E-state index contributed by atoms with van der Waals surface area (Å²) in [4.78, 5) is 27.0. The van der Waals surface area contributed by atoms with Crippen LogP contribution in [0.2, 0.25) is 0 Å². The van der Waals surface area contributed by atoms with E-state index >= 15 is 0 Å². The van der Waals surface area contributed by atoms with Crippen molar-refractivity contribution >= 4 is 27.3 Å². The minimum absolute atomic E-state index is 0.0591. The third kappa shape index (κ3) is 4.17. The van der Waals surface area contributed by atoms with Gasteiger partial charge in [-0.15, -0.1) is 0 Å². The number of nitrogens with zero attached hydrogens (tertiary/aromatic N) is 2. The molecule has 0 spiro atoms. The molecular formula is C23H18F3N3O4S. The molecule has 176 valence electrons. The van der Waals surface area contributed by atoms with Crippen LogP contribution in [0.4, 0.5) is 23.7 Å². The standard InChI is InChI=1S/C23H18F3N3O4S/c1-34(32,33)19-10-13(12-27)8-9-16(19)21-20-17(6-3-7-18(20)30)29(22(31)28-21)15-5-2-4-14(11-15)23(24,25)26/h2,4-5,8-11,21H,3,6-7H2,1H3,(H,28,31). The van der Waals surface area contributed by atoms with E-state index in [0.29, 0.717) is 6.42 Å². The van der Waals surface area contributed by atoms with Crippen LogP contribution in [0.5, 0.6) is 0 Å². The number of alkyl halides is 3. The molecule has 0 saturated heterocycles. The summed E-state index contributed by atoms with van der Waals surface area (Å²) < 4.78 is 64.7. The third-order valence-corrected chi connectivity index (χ3v) is 6.90. The summed E-state index contributed by atoms with van der Waals surface area (Å²) in [6, 6.07) is 8.07. The molecule has 11 heteroatoms. The van der Waals surface area contributed by atoms with Crippen molar-refractivity contribution < 1.29 is 31.2 Å². The first kappa shape index (κ1) is 23.5. The normalized spacial score (nSPS) is 18.9. The van der Waals surface area contributed by atoms with Gasteiger partial charge in [-0.05, 0) is 48.7 Å². The van der Waals surface area contributed by atoms with E-state index in [1.807, 2.05) is 6.07 Å². The molecular weight excluding hydrogens is 471 g/mol. The first-order valence-corrected chi connectivity index (χ1v) is 12.1. The molecule has 1 aliphatic heterocycles. The van der Waals surface area contributed by atoms with Crippen molar-refractivity contribution in [3.8, 4) is 6.07 Å². The van der Waals surface area contributed by atoms with E-state index in [2.05, 4.69) is 5.32 Å². The van der Waals surface area contributed by atoms with Gasteiger partial charge in [-0.3, -0.25) is 9.69 Å². The van der Waals surface area contributed by atoms with Crippen molar-refractivity contribution in [2.75, 3.05) is 11.2 Å². The van der Waals surface area contributed by atoms with Crippen LogP contribution >= 0.6 is 0 Å². The van der Waals surface area contributed by atoms with E-state index in [-0.39, 0.29) is 51.6 Å².